The van der Waals surface area contributed by atoms with E-state index in [4.69, 9.17) is 10.5 Å². The maximum absolute atomic E-state index is 12.5. The second kappa shape index (κ2) is 6.03. The fraction of sp³-hybridized carbons (Fsp3) is 0.765. The van der Waals surface area contributed by atoms with E-state index in [9.17, 15) is 9.59 Å². The molecule has 5 nitrogen and oxygen atoms in total. The topological polar surface area (TPSA) is 81.4 Å². The summed E-state index contributed by atoms with van der Waals surface area (Å²) in [6, 6.07) is 0. The van der Waals surface area contributed by atoms with Crippen molar-refractivity contribution in [3.05, 3.63) is 11.6 Å². The van der Waals surface area contributed by atoms with Gasteiger partial charge in [0.2, 0.25) is 11.8 Å². The first-order valence-electron chi connectivity index (χ1n) is 8.01. The van der Waals surface area contributed by atoms with Gasteiger partial charge in [-0.3, -0.25) is 9.59 Å². The molecular formula is C17H28N2O3. The minimum Gasteiger partial charge on any atom is -0.381 e. The Morgan fingerprint density at radius 2 is 1.86 bits per heavy atom. The SMILES string of the molecule is CC(C)=C[C@H]1[C@H](C(=O)NCC2(C(N)=O)CCOCC2)C1(C)C. The molecule has 2 fully saturated rings. The lowest BCUT2D eigenvalue weighted by Gasteiger charge is -2.34. The molecule has 5 heteroatoms. The predicted octanol–water partition coefficient (Wildman–Crippen LogP) is 1.62. The van der Waals surface area contributed by atoms with Crippen LogP contribution < -0.4 is 11.1 Å². The Kier molecular flexibility index (Phi) is 4.66. The fourth-order valence-corrected chi connectivity index (χ4v) is 3.49. The molecule has 0 spiro atoms. The Morgan fingerprint density at radius 1 is 1.27 bits per heavy atom. The third-order valence-electron chi connectivity index (χ3n) is 5.28. The minimum atomic E-state index is -0.654. The number of nitrogens with two attached hydrogens (primary N) is 1. The number of hydrogen-bond donors (Lipinski definition) is 2. The summed E-state index contributed by atoms with van der Waals surface area (Å²) in [6.45, 7) is 9.68. The summed E-state index contributed by atoms with van der Waals surface area (Å²) >= 11 is 0. The number of nitrogens with one attached hydrogen (secondary N) is 1. The number of hydrogen-bond acceptors (Lipinski definition) is 3. The van der Waals surface area contributed by atoms with Crippen LogP contribution in [0, 0.1) is 22.7 Å². The van der Waals surface area contributed by atoms with E-state index < -0.39 is 5.41 Å². The van der Waals surface area contributed by atoms with Crippen LogP contribution in [0.4, 0.5) is 0 Å². The highest BCUT2D eigenvalue weighted by Crippen LogP contribution is 2.59. The Labute approximate surface area is 132 Å². The van der Waals surface area contributed by atoms with Crippen molar-refractivity contribution in [2.75, 3.05) is 19.8 Å². The molecule has 0 aromatic carbocycles. The Hall–Kier alpha value is -1.36. The zero-order valence-electron chi connectivity index (χ0n) is 14.1. The van der Waals surface area contributed by atoms with Gasteiger partial charge in [0.25, 0.3) is 0 Å². The van der Waals surface area contributed by atoms with Gasteiger partial charge in [-0.1, -0.05) is 25.5 Å². The lowest BCUT2D eigenvalue weighted by molar-refractivity contribution is -0.134. The van der Waals surface area contributed by atoms with Crippen LogP contribution in [0.25, 0.3) is 0 Å². The maximum Gasteiger partial charge on any atom is 0.225 e. The highest BCUT2D eigenvalue weighted by atomic mass is 16.5. The van der Waals surface area contributed by atoms with Crippen LogP contribution in [0.1, 0.15) is 40.5 Å². The summed E-state index contributed by atoms with van der Waals surface area (Å²) in [6.07, 6.45) is 3.32. The van der Waals surface area contributed by atoms with Gasteiger partial charge >= 0.3 is 0 Å². The smallest absolute Gasteiger partial charge is 0.225 e. The van der Waals surface area contributed by atoms with Crippen LogP contribution >= 0.6 is 0 Å². The van der Waals surface area contributed by atoms with E-state index >= 15 is 0 Å². The first kappa shape index (κ1) is 17.0. The molecule has 2 aliphatic rings. The lowest BCUT2D eigenvalue weighted by atomic mass is 9.79. The molecular weight excluding hydrogens is 280 g/mol. The summed E-state index contributed by atoms with van der Waals surface area (Å²) < 4.78 is 5.31. The normalized spacial score (nSPS) is 28.5. The predicted molar refractivity (Wildman–Crippen MR) is 84.9 cm³/mol. The molecule has 1 saturated heterocycles. The van der Waals surface area contributed by atoms with Crippen LogP contribution in [0.2, 0.25) is 0 Å². The second-order valence-electron chi connectivity index (χ2n) is 7.54. The van der Waals surface area contributed by atoms with Crippen LogP contribution in [0.15, 0.2) is 11.6 Å². The third-order valence-corrected chi connectivity index (χ3v) is 5.28. The molecule has 2 rings (SSSR count). The van der Waals surface area contributed by atoms with Gasteiger partial charge in [-0.05, 0) is 38.0 Å². The molecule has 1 saturated carbocycles. The summed E-state index contributed by atoms with van der Waals surface area (Å²) in [5.74, 6) is -0.0597. The van der Waals surface area contributed by atoms with Crippen molar-refractivity contribution < 1.29 is 14.3 Å². The number of carbonyl (C=O) groups excluding carboxylic acids is 2. The number of rotatable bonds is 5. The molecule has 2 atom stereocenters. The highest BCUT2D eigenvalue weighted by Gasteiger charge is 2.60. The number of allylic oxidation sites excluding steroid dienone is 2. The van der Waals surface area contributed by atoms with Gasteiger partial charge in [-0.2, -0.15) is 0 Å². The lowest BCUT2D eigenvalue weighted by Crippen LogP contribution is -2.50. The Bertz CT molecular complexity index is 486. The van der Waals surface area contributed by atoms with E-state index in [2.05, 4.69) is 25.2 Å². The first-order chi connectivity index (χ1) is 10.2. The quantitative estimate of drug-likeness (QED) is 0.757. The van der Waals surface area contributed by atoms with E-state index in [0.717, 1.165) is 0 Å². The van der Waals surface area contributed by atoms with Crippen molar-refractivity contribution in [1.82, 2.24) is 5.32 Å². The minimum absolute atomic E-state index is 0.0169. The molecule has 0 radical (unpaired) electrons. The average molecular weight is 308 g/mol. The number of carbonyl (C=O) groups is 2. The van der Waals surface area contributed by atoms with E-state index in [0.29, 0.717) is 32.6 Å². The molecule has 0 aromatic rings. The van der Waals surface area contributed by atoms with Gasteiger partial charge in [0.05, 0.1) is 11.3 Å². The first-order valence-corrected chi connectivity index (χ1v) is 8.01. The molecule has 3 N–H and O–H groups in total. The fourth-order valence-electron chi connectivity index (χ4n) is 3.49. The molecule has 1 aliphatic carbocycles. The van der Waals surface area contributed by atoms with Gasteiger partial charge in [-0.15, -0.1) is 0 Å². The number of ether oxygens (including phenoxy) is 1. The average Bonchev–Trinajstić information content (AvgIpc) is 2.97. The summed E-state index contributed by atoms with van der Waals surface area (Å²) in [5.41, 5.74) is 6.13. The highest BCUT2D eigenvalue weighted by molar-refractivity contribution is 5.86. The van der Waals surface area contributed by atoms with Gasteiger partial charge in [0.15, 0.2) is 0 Å². The van der Waals surface area contributed by atoms with Crippen molar-refractivity contribution in [2.24, 2.45) is 28.4 Å². The van der Waals surface area contributed by atoms with Crippen molar-refractivity contribution in [3.8, 4) is 0 Å². The van der Waals surface area contributed by atoms with Crippen LogP contribution in [-0.4, -0.2) is 31.6 Å². The zero-order chi connectivity index (χ0) is 16.5. The van der Waals surface area contributed by atoms with Crippen LogP contribution in [-0.2, 0) is 14.3 Å². The number of amides is 2. The van der Waals surface area contributed by atoms with Crippen LogP contribution in [0.5, 0.6) is 0 Å². The van der Waals surface area contributed by atoms with E-state index in [-0.39, 0.29) is 29.1 Å². The van der Waals surface area contributed by atoms with Crippen LogP contribution in [0.3, 0.4) is 0 Å². The third kappa shape index (κ3) is 3.19. The standard InChI is InChI=1S/C17H28N2O3/c1-11(2)9-12-13(16(12,3)4)14(20)19-10-17(15(18)21)5-7-22-8-6-17/h9,12-13H,5-8,10H2,1-4H3,(H2,18,21)(H,19,20)/t12-,13+/m0/s1. The number of primary amides is 1. The Balaban J connectivity index is 1.98. The summed E-state index contributed by atoms with van der Waals surface area (Å²) in [5, 5.41) is 2.97. The summed E-state index contributed by atoms with van der Waals surface area (Å²) in [4.78, 5) is 24.3. The summed E-state index contributed by atoms with van der Waals surface area (Å²) in [7, 11) is 0. The van der Waals surface area contributed by atoms with E-state index in [1.54, 1.807) is 0 Å². The van der Waals surface area contributed by atoms with Crippen molar-refractivity contribution in [1.29, 1.82) is 0 Å². The van der Waals surface area contributed by atoms with Gasteiger partial charge in [0, 0.05) is 19.8 Å². The van der Waals surface area contributed by atoms with Crippen molar-refractivity contribution >= 4 is 11.8 Å². The van der Waals surface area contributed by atoms with Gasteiger partial charge in [-0.25, -0.2) is 0 Å². The Morgan fingerprint density at radius 3 is 2.36 bits per heavy atom. The molecule has 0 unspecified atom stereocenters. The zero-order valence-corrected chi connectivity index (χ0v) is 14.1. The molecule has 22 heavy (non-hydrogen) atoms. The monoisotopic (exact) mass is 308 g/mol. The maximum atomic E-state index is 12.5. The van der Waals surface area contributed by atoms with E-state index in [1.807, 2.05) is 13.8 Å². The largest absolute Gasteiger partial charge is 0.381 e. The molecule has 1 aliphatic heterocycles. The van der Waals surface area contributed by atoms with E-state index in [1.165, 1.54) is 5.57 Å². The van der Waals surface area contributed by atoms with Gasteiger partial charge in [0.1, 0.15) is 0 Å². The molecule has 2 amide bonds. The molecule has 124 valence electrons. The van der Waals surface area contributed by atoms with Crippen molar-refractivity contribution in [3.63, 3.8) is 0 Å². The van der Waals surface area contributed by atoms with Gasteiger partial charge < -0.3 is 15.8 Å². The van der Waals surface area contributed by atoms with Crippen molar-refractivity contribution in [2.45, 2.75) is 40.5 Å². The molecule has 0 bridgehead atoms. The molecule has 0 aromatic heterocycles. The second-order valence-corrected chi connectivity index (χ2v) is 7.54. The molecule has 1 heterocycles.